The Morgan fingerprint density at radius 1 is 1.42 bits per heavy atom. The second-order valence-electron chi connectivity index (χ2n) is 4.98. The molecule has 0 bridgehead atoms. The second-order valence-corrected chi connectivity index (χ2v) is 4.98. The van der Waals surface area contributed by atoms with E-state index in [-0.39, 0.29) is 11.8 Å². The molecule has 1 fully saturated rings. The number of amides is 3. The fraction of sp³-hybridized carbons (Fsp3) is 0.429. The van der Waals surface area contributed by atoms with Gasteiger partial charge in [0.05, 0.1) is 5.92 Å². The van der Waals surface area contributed by atoms with Crippen LogP contribution in [0.4, 0.5) is 10.5 Å². The van der Waals surface area contributed by atoms with Gasteiger partial charge in [0.25, 0.3) is 0 Å². The van der Waals surface area contributed by atoms with Crippen molar-refractivity contribution in [3.63, 3.8) is 0 Å². The number of carbonyl (C=O) groups is 2. The zero-order valence-electron chi connectivity index (χ0n) is 11.1. The summed E-state index contributed by atoms with van der Waals surface area (Å²) in [6.45, 7) is 3.03. The van der Waals surface area contributed by atoms with Crippen LogP contribution in [0.3, 0.4) is 0 Å². The number of hydrogen-bond acceptors (Lipinski definition) is 2. The van der Waals surface area contributed by atoms with Crippen LogP contribution in [0.1, 0.15) is 18.4 Å². The van der Waals surface area contributed by atoms with E-state index < -0.39 is 6.03 Å². The largest absolute Gasteiger partial charge is 0.351 e. The van der Waals surface area contributed by atoms with Crippen LogP contribution in [0, 0.1) is 12.8 Å². The van der Waals surface area contributed by atoms with Gasteiger partial charge in [-0.15, -0.1) is 0 Å². The average molecular weight is 261 g/mol. The Bertz CT molecular complexity index is 487. The molecule has 0 aromatic heterocycles. The summed E-state index contributed by atoms with van der Waals surface area (Å²) in [5.41, 5.74) is 7.15. The van der Waals surface area contributed by atoms with E-state index in [0.717, 1.165) is 24.1 Å². The highest BCUT2D eigenvalue weighted by Crippen LogP contribution is 2.19. The molecule has 2 rings (SSSR count). The molecular formula is C14H19N3O2. The molecular weight excluding hydrogens is 242 g/mol. The molecule has 0 radical (unpaired) electrons. The molecule has 0 spiro atoms. The number of urea groups is 1. The highest BCUT2D eigenvalue weighted by Gasteiger charge is 2.27. The van der Waals surface area contributed by atoms with Crippen LogP contribution < -0.4 is 11.1 Å². The Hall–Kier alpha value is -2.04. The van der Waals surface area contributed by atoms with E-state index in [1.807, 2.05) is 31.2 Å². The van der Waals surface area contributed by atoms with E-state index in [1.165, 1.54) is 4.90 Å². The van der Waals surface area contributed by atoms with Crippen molar-refractivity contribution < 1.29 is 9.59 Å². The number of primary amides is 1. The van der Waals surface area contributed by atoms with Crippen LogP contribution in [0.15, 0.2) is 24.3 Å². The van der Waals surface area contributed by atoms with E-state index >= 15 is 0 Å². The third-order valence-corrected chi connectivity index (χ3v) is 3.39. The van der Waals surface area contributed by atoms with Gasteiger partial charge in [-0.1, -0.05) is 12.1 Å². The van der Waals surface area contributed by atoms with Crippen molar-refractivity contribution in [2.75, 3.05) is 18.4 Å². The van der Waals surface area contributed by atoms with Crippen LogP contribution >= 0.6 is 0 Å². The number of nitrogens with zero attached hydrogens (tertiary/aromatic N) is 1. The number of hydrogen-bond donors (Lipinski definition) is 2. The first kappa shape index (κ1) is 13.4. The van der Waals surface area contributed by atoms with Gasteiger partial charge >= 0.3 is 6.03 Å². The maximum absolute atomic E-state index is 12.2. The lowest BCUT2D eigenvalue weighted by Gasteiger charge is -2.30. The first-order chi connectivity index (χ1) is 9.06. The number of likely N-dealkylation sites (tertiary alicyclic amines) is 1. The Morgan fingerprint density at radius 2 is 2.21 bits per heavy atom. The van der Waals surface area contributed by atoms with Gasteiger partial charge in [0.2, 0.25) is 5.91 Å². The van der Waals surface area contributed by atoms with Gasteiger partial charge in [-0.05, 0) is 37.5 Å². The fourth-order valence-corrected chi connectivity index (χ4v) is 2.36. The summed E-state index contributed by atoms with van der Waals surface area (Å²) >= 11 is 0. The molecule has 1 unspecified atom stereocenters. The summed E-state index contributed by atoms with van der Waals surface area (Å²) in [4.78, 5) is 24.8. The standard InChI is InChI=1S/C14H19N3O2/c1-10-4-2-6-12(8-10)16-13(18)11-5-3-7-17(9-11)14(15)19/h2,4,6,8,11H,3,5,7,9H2,1H3,(H2,15,19)(H,16,18). The first-order valence-electron chi connectivity index (χ1n) is 6.48. The highest BCUT2D eigenvalue weighted by molar-refractivity contribution is 5.93. The fourth-order valence-electron chi connectivity index (χ4n) is 2.36. The summed E-state index contributed by atoms with van der Waals surface area (Å²) in [5.74, 6) is -0.224. The minimum atomic E-state index is -0.451. The predicted molar refractivity (Wildman–Crippen MR) is 73.7 cm³/mol. The summed E-state index contributed by atoms with van der Waals surface area (Å²) in [6, 6.07) is 7.21. The van der Waals surface area contributed by atoms with Gasteiger partial charge in [0, 0.05) is 18.8 Å². The average Bonchev–Trinajstić information content (AvgIpc) is 2.39. The quantitative estimate of drug-likeness (QED) is 0.850. The summed E-state index contributed by atoms with van der Waals surface area (Å²) in [5, 5.41) is 2.89. The minimum absolute atomic E-state index is 0.0449. The molecule has 3 N–H and O–H groups in total. The third kappa shape index (κ3) is 3.47. The van der Waals surface area contributed by atoms with Crippen LogP contribution in [-0.4, -0.2) is 29.9 Å². The zero-order chi connectivity index (χ0) is 13.8. The topological polar surface area (TPSA) is 75.4 Å². The monoisotopic (exact) mass is 261 g/mol. The second kappa shape index (κ2) is 5.73. The Balaban J connectivity index is 1.98. The summed E-state index contributed by atoms with van der Waals surface area (Å²) < 4.78 is 0. The lowest BCUT2D eigenvalue weighted by atomic mass is 9.97. The smallest absolute Gasteiger partial charge is 0.314 e. The molecule has 1 aliphatic rings. The van der Waals surface area contributed by atoms with Crippen LogP contribution in [-0.2, 0) is 4.79 Å². The van der Waals surface area contributed by atoms with E-state index in [9.17, 15) is 9.59 Å². The Morgan fingerprint density at radius 3 is 2.89 bits per heavy atom. The molecule has 1 saturated heterocycles. The molecule has 0 aliphatic carbocycles. The summed E-state index contributed by atoms with van der Waals surface area (Å²) in [6.07, 6.45) is 1.61. The van der Waals surface area contributed by atoms with Crippen molar-refractivity contribution in [2.24, 2.45) is 11.7 Å². The number of nitrogens with one attached hydrogen (secondary N) is 1. The van der Waals surface area contributed by atoms with Gasteiger partial charge in [-0.25, -0.2) is 4.79 Å². The number of aryl methyl sites for hydroxylation is 1. The van der Waals surface area contributed by atoms with Gasteiger partial charge in [-0.3, -0.25) is 4.79 Å². The number of nitrogens with two attached hydrogens (primary N) is 1. The molecule has 1 aliphatic heterocycles. The minimum Gasteiger partial charge on any atom is -0.351 e. The lowest BCUT2D eigenvalue weighted by molar-refractivity contribution is -0.121. The number of anilines is 1. The molecule has 19 heavy (non-hydrogen) atoms. The molecule has 0 saturated carbocycles. The van der Waals surface area contributed by atoms with E-state index in [0.29, 0.717) is 13.1 Å². The Labute approximate surface area is 112 Å². The van der Waals surface area contributed by atoms with Crippen molar-refractivity contribution in [1.29, 1.82) is 0 Å². The maximum Gasteiger partial charge on any atom is 0.314 e. The van der Waals surface area contributed by atoms with Crippen molar-refractivity contribution in [3.05, 3.63) is 29.8 Å². The van der Waals surface area contributed by atoms with Gasteiger partial charge < -0.3 is 16.0 Å². The number of piperidine rings is 1. The maximum atomic E-state index is 12.2. The van der Waals surface area contributed by atoms with Gasteiger partial charge in [-0.2, -0.15) is 0 Å². The highest BCUT2D eigenvalue weighted by atomic mass is 16.2. The van der Waals surface area contributed by atoms with Crippen molar-refractivity contribution in [2.45, 2.75) is 19.8 Å². The molecule has 1 aromatic rings. The molecule has 3 amide bonds. The van der Waals surface area contributed by atoms with Crippen molar-refractivity contribution >= 4 is 17.6 Å². The normalized spacial score (nSPS) is 19.0. The third-order valence-electron chi connectivity index (χ3n) is 3.39. The van der Waals surface area contributed by atoms with E-state index in [2.05, 4.69) is 5.32 Å². The van der Waals surface area contributed by atoms with Gasteiger partial charge in [0.15, 0.2) is 0 Å². The summed E-state index contributed by atoms with van der Waals surface area (Å²) in [7, 11) is 0. The first-order valence-corrected chi connectivity index (χ1v) is 6.48. The number of carbonyl (C=O) groups excluding carboxylic acids is 2. The van der Waals surface area contributed by atoms with E-state index in [4.69, 9.17) is 5.73 Å². The predicted octanol–water partition coefficient (Wildman–Crippen LogP) is 1.72. The SMILES string of the molecule is Cc1cccc(NC(=O)C2CCCN(C(N)=O)C2)c1. The lowest BCUT2D eigenvalue weighted by Crippen LogP contribution is -2.46. The molecule has 1 heterocycles. The van der Waals surface area contributed by atoms with Crippen molar-refractivity contribution in [3.8, 4) is 0 Å². The Kier molecular flexibility index (Phi) is 4.04. The van der Waals surface area contributed by atoms with Crippen LogP contribution in [0.25, 0.3) is 0 Å². The number of benzene rings is 1. The zero-order valence-corrected chi connectivity index (χ0v) is 11.1. The molecule has 5 heteroatoms. The van der Waals surface area contributed by atoms with Crippen LogP contribution in [0.5, 0.6) is 0 Å². The van der Waals surface area contributed by atoms with Crippen molar-refractivity contribution in [1.82, 2.24) is 4.90 Å². The molecule has 1 aromatic carbocycles. The molecule has 102 valence electrons. The van der Waals surface area contributed by atoms with Crippen LogP contribution in [0.2, 0.25) is 0 Å². The molecule has 1 atom stereocenters. The number of rotatable bonds is 2. The van der Waals surface area contributed by atoms with Gasteiger partial charge in [0.1, 0.15) is 0 Å². The molecule has 5 nitrogen and oxygen atoms in total. The van der Waals surface area contributed by atoms with E-state index in [1.54, 1.807) is 0 Å².